The van der Waals surface area contributed by atoms with Gasteiger partial charge in [0.2, 0.25) is 0 Å². The van der Waals surface area contributed by atoms with Gasteiger partial charge in [-0.15, -0.1) is 6.58 Å². The monoisotopic (exact) mass is 430 g/mol. The van der Waals surface area contributed by atoms with Gasteiger partial charge in [0.15, 0.2) is 14.6 Å². The van der Waals surface area contributed by atoms with Gasteiger partial charge in [-0.25, -0.2) is 8.42 Å². The van der Waals surface area contributed by atoms with Gasteiger partial charge in [0.25, 0.3) is 5.91 Å². The maximum absolute atomic E-state index is 12.6. The number of carbonyl (C=O) groups excluding carboxylic acids is 1. The number of amides is 1. The van der Waals surface area contributed by atoms with E-state index in [-0.39, 0.29) is 4.90 Å². The Bertz CT molecular complexity index is 1220. The molecule has 0 aliphatic heterocycles. The SMILES string of the molecule is C=CCn1c(=NC(=O)CS(=O)(=O)c2ccc(OC)cc2)sc2cc(CC)ccc21. The van der Waals surface area contributed by atoms with Gasteiger partial charge < -0.3 is 9.30 Å². The van der Waals surface area contributed by atoms with Crippen LogP contribution >= 0.6 is 11.3 Å². The molecule has 0 atom stereocenters. The molecule has 0 aliphatic rings. The van der Waals surface area contributed by atoms with E-state index in [4.69, 9.17) is 4.74 Å². The molecule has 3 aromatic rings. The second-order valence-corrected chi connectivity index (χ2v) is 9.38. The van der Waals surface area contributed by atoms with Gasteiger partial charge >= 0.3 is 0 Å². The minimum atomic E-state index is -3.79. The molecule has 0 spiro atoms. The quantitative estimate of drug-likeness (QED) is 0.539. The lowest BCUT2D eigenvalue weighted by Gasteiger charge is -2.04. The van der Waals surface area contributed by atoms with Crippen molar-refractivity contribution in [2.24, 2.45) is 4.99 Å². The summed E-state index contributed by atoms with van der Waals surface area (Å²) in [6.45, 7) is 6.31. The van der Waals surface area contributed by atoms with E-state index < -0.39 is 21.5 Å². The Morgan fingerprint density at radius 1 is 1.24 bits per heavy atom. The second-order valence-electron chi connectivity index (χ2n) is 6.38. The molecule has 0 unspecified atom stereocenters. The fourth-order valence-corrected chi connectivity index (χ4v) is 5.12. The van der Waals surface area contributed by atoms with Crippen LogP contribution in [0.25, 0.3) is 10.2 Å². The molecule has 1 amide bonds. The zero-order valence-corrected chi connectivity index (χ0v) is 17.9. The summed E-state index contributed by atoms with van der Waals surface area (Å²) in [6, 6.07) is 12.0. The Kier molecular flexibility index (Phi) is 6.34. The fourth-order valence-electron chi connectivity index (χ4n) is 2.90. The summed E-state index contributed by atoms with van der Waals surface area (Å²) in [6.07, 6.45) is 2.62. The Morgan fingerprint density at radius 2 is 1.97 bits per heavy atom. The number of benzene rings is 2. The first kappa shape index (κ1) is 21.0. The lowest BCUT2D eigenvalue weighted by molar-refractivity contribution is -0.115. The van der Waals surface area contributed by atoms with Crippen LogP contribution in [0, 0.1) is 0 Å². The fraction of sp³-hybridized carbons (Fsp3) is 0.238. The average molecular weight is 431 g/mol. The number of aromatic nitrogens is 1. The molecule has 152 valence electrons. The topological polar surface area (TPSA) is 77.7 Å². The Hall–Kier alpha value is -2.71. The highest BCUT2D eigenvalue weighted by atomic mass is 32.2. The number of allylic oxidation sites excluding steroid dienone is 1. The summed E-state index contributed by atoms with van der Waals surface area (Å²) in [4.78, 5) is 17.1. The van der Waals surface area contributed by atoms with Crippen LogP contribution in [-0.4, -0.2) is 31.8 Å². The number of hydrogen-bond donors (Lipinski definition) is 0. The molecule has 0 saturated carbocycles. The van der Waals surface area contributed by atoms with Crippen LogP contribution in [0.5, 0.6) is 5.75 Å². The summed E-state index contributed by atoms with van der Waals surface area (Å²) in [5.74, 6) is -0.856. The molecule has 2 aromatic carbocycles. The zero-order valence-electron chi connectivity index (χ0n) is 16.3. The molecule has 1 aromatic heterocycles. The molecular weight excluding hydrogens is 408 g/mol. The van der Waals surface area contributed by atoms with Crippen LogP contribution < -0.4 is 9.54 Å². The van der Waals surface area contributed by atoms with Gasteiger partial charge in [-0.3, -0.25) is 4.79 Å². The molecule has 0 saturated heterocycles. The van der Waals surface area contributed by atoms with Crippen molar-refractivity contribution in [3.05, 3.63) is 65.5 Å². The minimum absolute atomic E-state index is 0.0600. The molecular formula is C21H22N2O4S2. The predicted octanol–water partition coefficient (Wildman–Crippen LogP) is 3.36. The first-order valence-corrected chi connectivity index (χ1v) is 11.5. The van der Waals surface area contributed by atoms with Crippen LogP contribution in [0.1, 0.15) is 12.5 Å². The zero-order chi connectivity index (χ0) is 21.0. The summed E-state index contributed by atoms with van der Waals surface area (Å²) < 4.78 is 33.0. The van der Waals surface area contributed by atoms with Gasteiger partial charge in [0, 0.05) is 6.54 Å². The number of aryl methyl sites for hydroxylation is 1. The number of rotatable bonds is 7. The van der Waals surface area contributed by atoms with E-state index in [1.165, 1.54) is 36.1 Å². The van der Waals surface area contributed by atoms with E-state index in [2.05, 4.69) is 24.6 Å². The lowest BCUT2D eigenvalue weighted by atomic mass is 10.2. The highest BCUT2D eigenvalue weighted by molar-refractivity contribution is 7.92. The second kappa shape index (κ2) is 8.75. The predicted molar refractivity (Wildman–Crippen MR) is 115 cm³/mol. The Labute approximate surface area is 173 Å². The Morgan fingerprint density at radius 3 is 2.59 bits per heavy atom. The first-order chi connectivity index (χ1) is 13.9. The number of hydrogen-bond acceptors (Lipinski definition) is 5. The van der Waals surface area contributed by atoms with Crippen LogP contribution in [0.4, 0.5) is 0 Å². The Balaban J connectivity index is 1.95. The molecule has 0 radical (unpaired) electrons. The van der Waals surface area contributed by atoms with Gasteiger partial charge in [-0.05, 0) is 48.4 Å². The minimum Gasteiger partial charge on any atom is -0.497 e. The number of methoxy groups -OCH3 is 1. The van der Waals surface area contributed by atoms with Crippen LogP contribution in [-0.2, 0) is 27.6 Å². The highest BCUT2D eigenvalue weighted by Crippen LogP contribution is 2.20. The number of carbonyl (C=O) groups is 1. The lowest BCUT2D eigenvalue weighted by Crippen LogP contribution is -2.20. The van der Waals surface area contributed by atoms with Crippen molar-refractivity contribution in [2.75, 3.05) is 12.9 Å². The van der Waals surface area contributed by atoms with E-state index in [0.717, 1.165) is 16.6 Å². The van der Waals surface area contributed by atoms with E-state index in [0.29, 0.717) is 17.1 Å². The normalized spacial score (nSPS) is 12.3. The molecule has 0 aliphatic carbocycles. The third kappa shape index (κ3) is 4.65. The molecule has 0 fully saturated rings. The van der Waals surface area contributed by atoms with E-state index in [9.17, 15) is 13.2 Å². The van der Waals surface area contributed by atoms with Gasteiger partial charge in [-0.2, -0.15) is 4.99 Å². The van der Waals surface area contributed by atoms with Crippen molar-refractivity contribution in [1.82, 2.24) is 4.57 Å². The molecule has 1 heterocycles. The number of nitrogens with zero attached hydrogens (tertiary/aromatic N) is 2. The van der Waals surface area contributed by atoms with Crippen molar-refractivity contribution in [3.63, 3.8) is 0 Å². The van der Waals surface area contributed by atoms with Crippen LogP contribution in [0.3, 0.4) is 0 Å². The van der Waals surface area contributed by atoms with Crippen molar-refractivity contribution in [3.8, 4) is 5.75 Å². The highest BCUT2D eigenvalue weighted by Gasteiger charge is 2.19. The summed E-state index contributed by atoms with van der Waals surface area (Å²) in [7, 11) is -2.30. The molecule has 0 bridgehead atoms. The third-order valence-electron chi connectivity index (χ3n) is 4.42. The molecule has 29 heavy (non-hydrogen) atoms. The number of ether oxygens (including phenoxy) is 1. The number of sulfone groups is 1. The van der Waals surface area contributed by atoms with Crippen molar-refractivity contribution >= 4 is 37.3 Å². The van der Waals surface area contributed by atoms with Gasteiger partial charge in [0.05, 0.1) is 22.2 Å². The van der Waals surface area contributed by atoms with E-state index in [1.807, 2.05) is 16.7 Å². The smallest absolute Gasteiger partial charge is 0.263 e. The molecule has 0 N–H and O–H groups in total. The van der Waals surface area contributed by atoms with Crippen molar-refractivity contribution in [1.29, 1.82) is 0 Å². The van der Waals surface area contributed by atoms with Gasteiger partial charge in [-0.1, -0.05) is 30.4 Å². The van der Waals surface area contributed by atoms with E-state index in [1.54, 1.807) is 18.2 Å². The molecule has 8 heteroatoms. The number of fused-ring (bicyclic) bond motifs is 1. The standard InChI is InChI=1S/C21H22N2O4S2/c1-4-12-23-18-11-6-15(5-2)13-19(18)28-21(23)22-20(24)14-29(25,26)17-9-7-16(27-3)8-10-17/h4,6-11,13H,1,5,12,14H2,2-3H3. The summed E-state index contributed by atoms with van der Waals surface area (Å²) in [5, 5.41) is 0. The number of thiazole rings is 1. The third-order valence-corrected chi connectivity index (χ3v) is 7.08. The first-order valence-electron chi connectivity index (χ1n) is 9.05. The summed E-state index contributed by atoms with van der Waals surface area (Å²) >= 11 is 1.36. The van der Waals surface area contributed by atoms with Crippen LogP contribution in [0.2, 0.25) is 0 Å². The average Bonchev–Trinajstić information content (AvgIpc) is 3.03. The summed E-state index contributed by atoms with van der Waals surface area (Å²) in [5.41, 5.74) is 2.13. The van der Waals surface area contributed by atoms with Crippen LogP contribution in [0.15, 0.2) is 65.0 Å². The van der Waals surface area contributed by atoms with Crippen molar-refractivity contribution in [2.45, 2.75) is 24.8 Å². The van der Waals surface area contributed by atoms with E-state index >= 15 is 0 Å². The maximum Gasteiger partial charge on any atom is 0.263 e. The molecule has 6 nitrogen and oxygen atoms in total. The van der Waals surface area contributed by atoms with Crippen molar-refractivity contribution < 1.29 is 17.9 Å². The maximum atomic E-state index is 12.6. The largest absolute Gasteiger partial charge is 0.497 e. The van der Waals surface area contributed by atoms with Gasteiger partial charge in [0.1, 0.15) is 11.5 Å². The molecule has 3 rings (SSSR count).